The normalized spacial score (nSPS) is 12.0. The van der Waals surface area contributed by atoms with E-state index in [0.717, 1.165) is 6.54 Å². The van der Waals surface area contributed by atoms with E-state index < -0.39 is 0 Å². The Hall–Kier alpha value is -1.11. The summed E-state index contributed by atoms with van der Waals surface area (Å²) in [6.07, 6.45) is 1.64. The number of likely N-dealkylation sites (N-methyl/N-ethyl adjacent to an activating group) is 1. The molecule has 120 valence electrons. The molecule has 0 amide bonds. The molecule has 0 atom stereocenters. The van der Waals surface area contributed by atoms with Crippen molar-refractivity contribution >= 4 is 17.3 Å². The summed E-state index contributed by atoms with van der Waals surface area (Å²) in [6.45, 7) is 6.66. The van der Waals surface area contributed by atoms with Gasteiger partial charge in [-0.25, -0.2) is 4.68 Å². The van der Waals surface area contributed by atoms with Gasteiger partial charge in [-0.3, -0.25) is 4.79 Å². The van der Waals surface area contributed by atoms with E-state index in [0.29, 0.717) is 25.3 Å². The van der Waals surface area contributed by atoms with Crippen molar-refractivity contribution in [2.75, 3.05) is 45.7 Å². The molecule has 6 nitrogen and oxygen atoms in total. The maximum absolute atomic E-state index is 12.2. The van der Waals surface area contributed by atoms with Crippen molar-refractivity contribution in [1.29, 1.82) is 0 Å². The van der Waals surface area contributed by atoms with E-state index in [9.17, 15) is 4.79 Å². The largest absolute Gasteiger partial charge is 0.371 e. The van der Waals surface area contributed by atoms with Crippen LogP contribution in [0.15, 0.2) is 11.0 Å². The molecular weight excluding hydrogens is 290 g/mol. The molecule has 0 fully saturated rings. The number of hydrogen-bond donors (Lipinski definition) is 1. The molecule has 0 aliphatic carbocycles. The summed E-state index contributed by atoms with van der Waals surface area (Å²) in [4.78, 5) is 16.2. The van der Waals surface area contributed by atoms with E-state index in [1.165, 1.54) is 4.68 Å². The second kappa shape index (κ2) is 7.24. The van der Waals surface area contributed by atoms with Gasteiger partial charge in [0, 0.05) is 20.1 Å². The van der Waals surface area contributed by atoms with Crippen LogP contribution in [0.25, 0.3) is 0 Å². The summed E-state index contributed by atoms with van der Waals surface area (Å²) in [5.41, 5.74) is 6.08. The van der Waals surface area contributed by atoms with Gasteiger partial charge < -0.3 is 15.5 Å². The summed E-state index contributed by atoms with van der Waals surface area (Å²) >= 11 is 6.22. The molecule has 0 aliphatic rings. The Kier molecular flexibility index (Phi) is 6.19. The van der Waals surface area contributed by atoms with Crippen LogP contribution in [0.2, 0.25) is 5.02 Å². The number of hydrogen-bond acceptors (Lipinski definition) is 5. The van der Waals surface area contributed by atoms with E-state index in [-0.39, 0.29) is 16.0 Å². The molecule has 1 aromatic rings. The third kappa shape index (κ3) is 4.98. The number of halogens is 1. The van der Waals surface area contributed by atoms with Crippen LogP contribution >= 0.6 is 11.6 Å². The first-order chi connectivity index (χ1) is 9.68. The van der Waals surface area contributed by atoms with Gasteiger partial charge in [-0.2, -0.15) is 5.10 Å². The lowest BCUT2D eigenvalue weighted by atomic mass is 9.93. The maximum Gasteiger partial charge on any atom is 0.287 e. The van der Waals surface area contributed by atoms with Crippen LogP contribution in [0.4, 0.5) is 5.69 Å². The zero-order valence-electron chi connectivity index (χ0n) is 13.6. The molecule has 2 N–H and O–H groups in total. The van der Waals surface area contributed by atoms with Gasteiger partial charge >= 0.3 is 0 Å². The van der Waals surface area contributed by atoms with Crippen molar-refractivity contribution in [1.82, 2.24) is 14.7 Å². The molecule has 1 rings (SSSR count). The highest BCUT2D eigenvalue weighted by Crippen LogP contribution is 2.23. The van der Waals surface area contributed by atoms with Gasteiger partial charge in [-0.15, -0.1) is 0 Å². The molecule has 0 unspecified atom stereocenters. The molecule has 0 aromatic carbocycles. The minimum atomic E-state index is -0.256. The number of nitrogens with two attached hydrogens (primary N) is 1. The molecule has 0 saturated heterocycles. The van der Waals surface area contributed by atoms with Crippen LogP contribution < -0.4 is 16.2 Å². The van der Waals surface area contributed by atoms with Crippen molar-refractivity contribution in [2.24, 2.45) is 11.1 Å². The van der Waals surface area contributed by atoms with Gasteiger partial charge in [0.2, 0.25) is 0 Å². The monoisotopic (exact) mass is 315 g/mol. The first-order valence-electron chi connectivity index (χ1n) is 6.99. The second-order valence-corrected chi connectivity index (χ2v) is 6.78. The summed E-state index contributed by atoms with van der Waals surface area (Å²) < 4.78 is 1.40. The first-order valence-corrected chi connectivity index (χ1v) is 7.37. The zero-order chi connectivity index (χ0) is 16.2. The van der Waals surface area contributed by atoms with E-state index in [1.54, 1.807) is 6.20 Å². The van der Waals surface area contributed by atoms with Crippen molar-refractivity contribution in [3.8, 4) is 0 Å². The second-order valence-electron chi connectivity index (χ2n) is 6.40. The number of nitrogens with zero attached hydrogens (tertiary/aromatic N) is 4. The Labute approximate surface area is 131 Å². The zero-order valence-corrected chi connectivity index (χ0v) is 14.3. The molecule has 21 heavy (non-hydrogen) atoms. The predicted octanol–water partition coefficient (Wildman–Crippen LogP) is 0.879. The van der Waals surface area contributed by atoms with Gasteiger partial charge in [0.25, 0.3) is 5.56 Å². The Morgan fingerprint density at radius 1 is 1.38 bits per heavy atom. The first kappa shape index (κ1) is 17.9. The smallest absolute Gasteiger partial charge is 0.287 e. The van der Waals surface area contributed by atoms with Crippen LogP contribution in [0.5, 0.6) is 0 Å². The number of rotatable bonds is 7. The molecule has 1 aromatic heterocycles. The lowest BCUT2D eigenvalue weighted by molar-refractivity contribution is 0.367. The predicted molar refractivity (Wildman–Crippen MR) is 88.2 cm³/mol. The van der Waals surface area contributed by atoms with E-state index in [1.807, 2.05) is 30.9 Å². The maximum atomic E-state index is 12.2. The molecule has 7 heteroatoms. The van der Waals surface area contributed by atoms with E-state index >= 15 is 0 Å². The van der Waals surface area contributed by atoms with Crippen molar-refractivity contribution < 1.29 is 0 Å². The standard InChI is InChI=1S/C14H26ClN5O/c1-14(2,9-16)10-19(5)11-8-17-20(7-6-18(3)4)13(21)12(11)15/h8H,6-7,9-10,16H2,1-5H3. The van der Waals surface area contributed by atoms with E-state index in [2.05, 4.69) is 18.9 Å². The fourth-order valence-corrected chi connectivity index (χ4v) is 2.26. The third-order valence-corrected chi connectivity index (χ3v) is 3.71. The van der Waals surface area contributed by atoms with Crippen LogP contribution in [0, 0.1) is 5.41 Å². The summed E-state index contributed by atoms with van der Waals surface area (Å²) in [5.74, 6) is 0. The highest BCUT2D eigenvalue weighted by Gasteiger charge is 2.21. The van der Waals surface area contributed by atoms with Crippen molar-refractivity contribution in [3.63, 3.8) is 0 Å². The quantitative estimate of drug-likeness (QED) is 0.809. The lowest BCUT2D eigenvalue weighted by Crippen LogP contribution is -2.38. The minimum absolute atomic E-state index is 0.0577. The van der Waals surface area contributed by atoms with Gasteiger partial charge in [0.1, 0.15) is 5.02 Å². The number of anilines is 1. The Balaban J connectivity index is 2.96. The highest BCUT2D eigenvalue weighted by molar-refractivity contribution is 6.33. The molecule has 0 aliphatic heterocycles. The van der Waals surface area contributed by atoms with Crippen LogP contribution in [-0.2, 0) is 6.54 Å². The van der Waals surface area contributed by atoms with E-state index in [4.69, 9.17) is 17.3 Å². The average molecular weight is 316 g/mol. The fourth-order valence-electron chi connectivity index (χ4n) is 1.97. The van der Waals surface area contributed by atoms with Gasteiger partial charge in [-0.1, -0.05) is 25.4 Å². The van der Waals surface area contributed by atoms with Crippen LogP contribution in [0.3, 0.4) is 0 Å². The van der Waals surface area contributed by atoms with Gasteiger partial charge in [0.05, 0.1) is 18.4 Å². The van der Waals surface area contributed by atoms with Crippen molar-refractivity contribution in [2.45, 2.75) is 20.4 Å². The Morgan fingerprint density at radius 3 is 2.52 bits per heavy atom. The summed E-state index contributed by atoms with van der Waals surface area (Å²) in [7, 11) is 5.79. The average Bonchev–Trinajstić information content (AvgIpc) is 2.39. The molecule has 0 spiro atoms. The molecule has 1 heterocycles. The molecular formula is C14H26ClN5O. The van der Waals surface area contributed by atoms with Gasteiger partial charge in [-0.05, 0) is 26.1 Å². The summed E-state index contributed by atoms with van der Waals surface area (Å²) in [5, 5.41) is 4.42. The lowest BCUT2D eigenvalue weighted by Gasteiger charge is -2.30. The van der Waals surface area contributed by atoms with Crippen LogP contribution in [0.1, 0.15) is 13.8 Å². The fraction of sp³-hybridized carbons (Fsp3) is 0.714. The SMILES string of the molecule is CN(C)CCn1ncc(N(C)CC(C)(C)CN)c(Cl)c1=O. The van der Waals surface area contributed by atoms with Crippen LogP contribution in [-0.4, -0.2) is 55.5 Å². The Bertz CT molecular complexity index is 527. The Morgan fingerprint density at radius 2 is 2.00 bits per heavy atom. The summed E-state index contributed by atoms with van der Waals surface area (Å²) in [6, 6.07) is 0. The molecule has 0 saturated carbocycles. The molecule has 0 bridgehead atoms. The minimum Gasteiger partial charge on any atom is -0.371 e. The number of aromatic nitrogens is 2. The topological polar surface area (TPSA) is 67.4 Å². The highest BCUT2D eigenvalue weighted by atomic mass is 35.5. The van der Waals surface area contributed by atoms with Crippen molar-refractivity contribution in [3.05, 3.63) is 21.6 Å². The van der Waals surface area contributed by atoms with Gasteiger partial charge in [0.15, 0.2) is 0 Å². The third-order valence-electron chi connectivity index (χ3n) is 3.35. The molecule has 0 radical (unpaired) electrons.